The Balaban J connectivity index is 1.72. The SMILES string of the molecule is CC1=NN(c2ccc(F)cc2)C(=O)/C1=C\c1c(C)nn(-c2cccc([N+](=O)[O-])c2)c1C. The summed E-state index contributed by atoms with van der Waals surface area (Å²) in [5.41, 5.74) is 4.03. The number of carbonyl (C=O) groups is 1. The number of amides is 1. The van der Waals surface area contributed by atoms with Crippen LogP contribution in [0, 0.1) is 29.8 Å². The maximum absolute atomic E-state index is 13.2. The van der Waals surface area contributed by atoms with Gasteiger partial charge < -0.3 is 0 Å². The largest absolute Gasteiger partial charge is 0.280 e. The van der Waals surface area contributed by atoms with Gasteiger partial charge in [-0.15, -0.1) is 0 Å². The number of anilines is 1. The molecule has 156 valence electrons. The molecule has 1 aliphatic heterocycles. The van der Waals surface area contributed by atoms with Crippen LogP contribution in [0.15, 0.2) is 59.2 Å². The van der Waals surface area contributed by atoms with Crippen molar-refractivity contribution in [3.8, 4) is 5.69 Å². The fourth-order valence-electron chi connectivity index (χ4n) is 3.44. The summed E-state index contributed by atoms with van der Waals surface area (Å²) in [5, 5.41) is 21.1. The van der Waals surface area contributed by atoms with Gasteiger partial charge in [0, 0.05) is 23.4 Å². The second-order valence-corrected chi connectivity index (χ2v) is 7.11. The van der Waals surface area contributed by atoms with Crippen LogP contribution in [-0.4, -0.2) is 26.3 Å². The van der Waals surface area contributed by atoms with Gasteiger partial charge in [-0.1, -0.05) is 6.07 Å². The highest BCUT2D eigenvalue weighted by molar-refractivity contribution is 6.32. The molecule has 0 unspecified atom stereocenters. The monoisotopic (exact) mass is 419 g/mol. The smallest absolute Gasteiger partial charge is 0.267 e. The van der Waals surface area contributed by atoms with E-state index < -0.39 is 10.7 Å². The summed E-state index contributed by atoms with van der Waals surface area (Å²) in [6.45, 7) is 5.36. The molecule has 0 spiro atoms. The van der Waals surface area contributed by atoms with Gasteiger partial charge in [-0.25, -0.2) is 9.07 Å². The molecule has 1 aromatic heterocycles. The minimum Gasteiger partial charge on any atom is -0.267 e. The van der Waals surface area contributed by atoms with E-state index in [1.807, 2.05) is 6.92 Å². The lowest BCUT2D eigenvalue weighted by atomic mass is 10.1. The van der Waals surface area contributed by atoms with Crippen LogP contribution in [-0.2, 0) is 4.79 Å². The van der Waals surface area contributed by atoms with E-state index in [0.29, 0.717) is 28.4 Å². The third kappa shape index (κ3) is 3.61. The van der Waals surface area contributed by atoms with Crippen molar-refractivity contribution in [1.82, 2.24) is 9.78 Å². The Kier molecular flexibility index (Phi) is 4.94. The van der Waals surface area contributed by atoms with Gasteiger partial charge in [0.2, 0.25) is 0 Å². The Morgan fingerprint density at radius 3 is 2.45 bits per heavy atom. The summed E-state index contributed by atoms with van der Waals surface area (Å²) in [7, 11) is 0. The van der Waals surface area contributed by atoms with E-state index in [1.165, 1.54) is 41.4 Å². The number of aryl methyl sites for hydroxylation is 1. The number of aromatic nitrogens is 2. The molecule has 4 rings (SSSR count). The highest BCUT2D eigenvalue weighted by Gasteiger charge is 2.29. The summed E-state index contributed by atoms with van der Waals surface area (Å²) in [6, 6.07) is 11.7. The number of hydrazone groups is 1. The Morgan fingerprint density at radius 1 is 1.06 bits per heavy atom. The van der Waals surface area contributed by atoms with Crippen LogP contribution in [0.3, 0.4) is 0 Å². The van der Waals surface area contributed by atoms with E-state index in [-0.39, 0.29) is 11.6 Å². The fourth-order valence-corrected chi connectivity index (χ4v) is 3.44. The Bertz CT molecular complexity index is 1270. The van der Waals surface area contributed by atoms with Crippen molar-refractivity contribution in [2.45, 2.75) is 20.8 Å². The maximum Gasteiger partial charge on any atom is 0.280 e. The van der Waals surface area contributed by atoms with Gasteiger partial charge in [-0.2, -0.15) is 15.2 Å². The number of rotatable bonds is 4. The molecule has 0 radical (unpaired) electrons. The summed E-state index contributed by atoms with van der Waals surface area (Å²) >= 11 is 0. The Morgan fingerprint density at radius 2 is 1.77 bits per heavy atom. The number of nitrogens with zero attached hydrogens (tertiary/aromatic N) is 5. The van der Waals surface area contributed by atoms with Crippen molar-refractivity contribution in [3.63, 3.8) is 0 Å². The maximum atomic E-state index is 13.2. The van der Waals surface area contributed by atoms with E-state index in [4.69, 9.17) is 0 Å². The van der Waals surface area contributed by atoms with Crippen LogP contribution in [0.4, 0.5) is 15.8 Å². The van der Waals surface area contributed by atoms with Crippen molar-refractivity contribution in [2.75, 3.05) is 5.01 Å². The number of benzene rings is 2. The van der Waals surface area contributed by atoms with Gasteiger partial charge in [0.15, 0.2) is 0 Å². The number of non-ortho nitro benzene ring substituents is 1. The third-order valence-corrected chi connectivity index (χ3v) is 5.05. The number of nitro benzene ring substituents is 1. The van der Waals surface area contributed by atoms with E-state index in [2.05, 4.69) is 10.2 Å². The Labute approximate surface area is 177 Å². The van der Waals surface area contributed by atoms with Crippen LogP contribution < -0.4 is 5.01 Å². The van der Waals surface area contributed by atoms with Gasteiger partial charge in [0.1, 0.15) is 5.82 Å². The first kappa shape index (κ1) is 20.1. The second-order valence-electron chi connectivity index (χ2n) is 7.11. The first-order valence-corrected chi connectivity index (χ1v) is 9.44. The van der Waals surface area contributed by atoms with Gasteiger partial charge in [-0.3, -0.25) is 14.9 Å². The van der Waals surface area contributed by atoms with Crippen LogP contribution in [0.2, 0.25) is 0 Å². The molecule has 0 saturated carbocycles. The molecule has 0 aliphatic carbocycles. The molecule has 0 bridgehead atoms. The average molecular weight is 419 g/mol. The number of hydrogen-bond donors (Lipinski definition) is 0. The lowest BCUT2D eigenvalue weighted by Gasteiger charge is -2.11. The molecule has 2 heterocycles. The number of nitro groups is 1. The van der Waals surface area contributed by atoms with E-state index in [1.54, 1.807) is 36.7 Å². The van der Waals surface area contributed by atoms with Crippen LogP contribution in [0.5, 0.6) is 0 Å². The molecule has 0 atom stereocenters. The summed E-state index contributed by atoms with van der Waals surface area (Å²) < 4.78 is 14.8. The molecule has 1 amide bonds. The van der Waals surface area contributed by atoms with Gasteiger partial charge in [0.05, 0.1) is 33.3 Å². The molecule has 1 aliphatic rings. The van der Waals surface area contributed by atoms with Gasteiger partial charge >= 0.3 is 0 Å². The summed E-state index contributed by atoms with van der Waals surface area (Å²) in [6.07, 6.45) is 1.72. The third-order valence-electron chi connectivity index (χ3n) is 5.05. The zero-order chi connectivity index (χ0) is 22.3. The lowest BCUT2D eigenvalue weighted by molar-refractivity contribution is -0.384. The number of halogens is 1. The van der Waals surface area contributed by atoms with E-state index in [9.17, 15) is 19.3 Å². The highest BCUT2D eigenvalue weighted by Crippen LogP contribution is 2.28. The normalized spacial score (nSPS) is 15.0. The van der Waals surface area contributed by atoms with Crippen molar-refractivity contribution in [3.05, 3.63) is 87.0 Å². The second kappa shape index (κ2) is 7.60. The van der Waals surface area contributed by atoms with Crippen molar-refractivity contribution in [1.29, 1.82) is 0 Å². The molecule has 8 nitrogen and oxygen atoms in total. The average Bonchev–Trinajstić information content (AvgIpc) is 3.19. The standard InChI is InChI=1S/C22H18FN5O3/c1-13-20(15(3)26(24-13)18-5-4-6-19(11-18)28(30)31)12-21-14(2)25-27(22(21)29)17-9-7-16(23)8-10-17/h4-12H,1-3H3/b21-12-. The van der Waals surface area contributed by atoms with E-state index in [0.717, 1.165) is 11.3 Å². The quantitative estimate of drug-likeness (QED) is 0.357. The fraction of sp³-hybridized carbons (Fsp3) is 0.136. The molecule has 0 saturated heterocycles. The molecule has 9 heteroatoms. The summed E-state index contributed by atoms with van der Waals surface area (Å²) in [5.74, 6) is -0.724. The van der Waals surface area contributed by atoms with Gasteiger partial charge in [-0.05, 0) is 57.2 Å². The van der Waals surface area contributed by atoms with Crippen LogP contribution in [0.1, 0.15) is 23.9 Å². The molecule has 0 fully saturated rings. The minimum absolute atomic E-state index is 0.0335. The molecular formula is C22H18FN5O3. The minimum atomic E-state index is -0.459. The lowest BCUT2D eigenvalue weighted by Crippen LogP contribution is -2.21. The number of carbonyl (C=O) groups excluding carboxylic acids is 1. The van der Waals surface area contributed by atoms with Crippen LogP contribution >= 0.6 is 0 Å². The molecule has 0 N–H and O–H groups in total. The predicted molar refractivity (Wildman–Crippen MR) is 115 cm³/mol. The molecular weight excluding hydrogens is 401 g/mol. The summed E-state index contributed by atoms with van der Waals surface area (Å²) in [4.78, 5) is 23.6. The Hall–Kier alpha value is -4.14. The van der Waals surface area contributed by atoms with E-state index >= 15 is 0 Å². The van der Waals surface area contributed by atoms with Crippen LogP contribution in [0.25, 0.3) is 11.8 Å². The topological polar surface area (TPSA) is 93.6 Å². The highest BCUT2D eigenvalue weighted by atomic mass is 19.1. The zero-order valence-electron chi connectivity index (χ0n) is 17.0. The van der Waals surface area contributed by atoms with Gasteiger partial charge in [0.25, 0.3) is 11.6 Å². The number of hydrogen-bond acceptors (Lipinski definition) is 5. The van der Waals surface area contributed by atoms with Crippen molar-refractivity contribution in [2.24, 2.45) is 5.10 Å². The first-order chi connectivity index (χ1) is 14.8. The predicted octanol–water partition coefficient (Wildman–Crippen LogP) is 4.34. The zero-order valence-corrected chi connectivity index (χ0v) is 17.0. The molecule has 31 heavy (non-hydrogen) atoms. The van der Waals surface area contributed by atoms with Crippen molar-refractivity contribution >= 4 is 29.1 Å². The first-order valence-electron chi connectivity index (χ1n) is 9.44. The molecule has 3 aromatic rings. The molecule has 2 aromatic carbocycles. The van der Waals surface area contributed by atoms with Crippen molar-refractivity contribution < 1.29 is 14.1 Å².